The van der Waals surface area contributed by atoms with Crippen LogP contribution in [0.1, 0.15) is 44.5 Å². The molecule has 2 N–H and O–H groups in total. The first-order chi connectivity index (χ1) is 10.5. The molecule has 0 fully saturated rings. The van der Waals surface area contributed by atoms with Crippen LogP contribution in [0, 0.1) is 0 Å². The summed E-state index contributed by atoms with van der Waals surface area (Å²) in [6.45, 7) is 13.7. The fraction of sp³-hybridized carbons (Fsp3) is 0.750. The first-order valence-corrected chi connectivity index (χ1v) is 8.93. The van der Waals surface area contributed by atoms with E-state index < -0.39 is 0 Å². The van der Waals surface area contributed by atoms with Crippen LogP contribution in [0.25, 0.3) is 0 Å². The van der Waals surface area contributed by atoms with E-state index in [9.17, 15) is 0 Å². The molecule has 0 spiro atoms. The van der Waals surface area contributed by atoms with Crippen LogP contribution < -0.4 is 10.6 Å². The summed E-state index contributed by atoms with van der Waals surface area (Å²) in [4.78, 5) is 12.5. The summed E-state index contributed by atoms with van der Waals surface area (Å²) in [5, 5.41) is 7.80. The van der Waals surface area contributed by atoms with Crippen LogP contribution in [0.4, 0.5) is 0 Å². The zero-order valence-corrected chi connectivity index (χ0v) is 15.6. The zero-order chi connectivity index (χ0) is 16.5. The number of aryl methyl sites for hydroxylation is 1. The van der Waals surface area contributed by atoms with Gasteiger partial charge in [-0.2, -0.15) is 0 Å². The van der Waals surface area contributed by atoms with Gasteiger partial charge in [0, 0.05) is 43.3 Å². The van der Waals surface area contributed by atoms with Crippen molar-refractivity contribution >= 4 is 17.3 Å². The van der Waals surface area contributed by atoms with E-state index in [-0.39, 0.29) is 0 Å². The molecule has 126 valence electrons. The highest BCUT2D eigenvalue weighted by molar-refractivity contribution is 7.11. The van der Waals surface area contributed by atoms with Gasteiger partial charge in [-0.15, -0.1) is 11.3 Å². The molecule has 0 saturated heterocycles. The zero-order valence-electron chi connectivity index (χ0n) is 14.8. The van der Waals surface area contributed by atoms with Gasteiger partial charge in [-0.25, -0.2) is 4.98 Å². The second-order valence-corrected chi connectivity index (χ2v) is 7.05. The molecule has 1 aromatic rings. The van der Waals surface area contributed by atoms with Crippen molar-refractivity contribution in [2.75, 3.05) is 20.1 Å². The summed E-state index contributed by atoms with van der Waals surface area (Å²) in [5.41, 5.74) is 0. The summed E-state index contributed by atoms with van der Waals surface area (Å²) < 4.78 is 0. The van der Waals surface area contributed by atoms with Gasteiger partial charge in [0.2, 0.25) is 0 Å². The maximum atomic E-state index is 4.41. The van der Waals surface area contributed by atoms with Crippen LogP contribution in [0.5, 0.6) is 0 Å². The lowest BCUT2D eigenvalue weighted by Gasteiger charge is -2.30. The van der Waals surface area contributed by atoms with E-state index in [0.717, 1.165) is 37.0 Å². The molecular formula is C16H31N5S. The van der Waals surface area contributed by atoms with Gasteiger partial charge in [-0.3, -0.25) is 9.89 Å². The molecule has 0 aromatic carbocycles. The summed E-state index contributed by atoms with van der Waals surface area (Å²) >= 11 is 1.76. The highest BCUT2D eigenvalue weighted by atomic mass is 32.1. The summed E-state index contributed by atoms with van der Waals surface area (Å²) in [6, 6.07) is 1.11. The van der Waals surface area contributed by atoms with Crippen LogP contribution in [-0.2, 0) is 13.0 Å². The maximum absolute atomic E-state index is 4.41. The fourth-order valence-corrected chi connectivity index (χ4v) is 3.19. The fourth-order valence-electron chi connectivity index (χ4n) is 2.39. The van der Waals surface area contributed by atoms with Gasteiger partial charge in [0.25, 0.3) is 0 Å². The van der Waals surface area contributed by atoms with Gasteiger partial charge >= 0.3 is 0 Å². The molecule has 0 radical (unpaired) electrons. The smallest absolute Gasteiger partial charge is 0.191 e. The molecule has 1 aromatic heterocycles. The Morgan fingerprint density at radius 3 is 2.45 bits per heavy atom. The molecular weight excluding hydrogens is 294 g/mol. The number of thiazole rings is 1. The lowest BCUT2D eigenvalue weighted by atomic mass is 10.2. The van der Waals surface area contributed by atoms with Crippen LogP contribution in [0.2, 0.25) is 0 Å². The molecule has 0 atom stereocenters. The Labute approximate surface area is 139 Å². The first-order valence-electron chi connectivity index (χ1n) is 8.11. The van der Waals surface area contributed by atoms with E-state index in [0.29, 0.717) is 12.1 Å². The number of nitrogens with zero attached hydrogens (tertiary/aromatic N) is 3. The van der Waals surface area contributed by atoms with E-state index in [1.165, 1.54) is 4.88 Å². The molecule has 0 aliphatic carbocycles. The monoisotopic (exact) mass is 325 g/mol. The predicted octanol–water partition coefficient (Wildman–Crippen LogP) is 2.49. The second kappa shape index (κ2) is 9.79. The lowest BCUT2D eigenvalue weighted by Crippen LogP contribution is -2.45. The van der Waals surface area contributed by atoms with Crippen molar-refractivity contribution in [2.45, 2.75) is 59.7 Å². The van der Waals surface area contributed by atoms with Crippen molar-refractivity contribution < 1.29 is 0 Å². The Kier molecular flexibility index (Phi) is 8.42. The van der Waals surface area contributed by atoms with Crippen LogP contribution in [0.3, 0.4) is 0 Å². The molecule has 1 heterocycles. The van der Waals surface area contributed by atoms with Crippen molar-refractivity contribution in [3.05, 3.63) is 16.1 Å². The summed E-state index contributed by atoms with van der Waals surface area (Å²) in [7, 11) is 1.80. The Balaban J connectivity index is 2.36. The third kappa shape index (κ3) is 6.32. The van der Waals surface area contributed by atoms with Crippen molar-refractivity contribution in [3.8, 4) is 0 Å². The first kappa shape index (κ1) is 18.9. The van der Waals surface area contributed by atoms with E-state index in [2.05, 4.69) is 60.1 Å². The number of aliphatic imine (C=N–C) groups is 1. The molecule has 0 aliphatic rings. The number of nitrogens with one attached hydrogen (secondary N) is 2. The average Bonchev–Trinajstić information content (AvgIpc) is 2.93. The van der Waals surface area contributed by atoms with Crippen LogP contribution in [-0.4, -0.2) is 48.1 Å². The topological polar surface area (TPSA) is 52.6 Å². The molecule has 0 bridgehead atoms. The molecule has 22 heavy (non-hydrogen) atoms. The molecule has 0 unspecified atom stereocenters. The minimum Gasteiger partial charge on any atom is -0.355 e. The van der Waals surface area contributed by atoms with Crippen LogP contribution >= 0.6 is 11.3 Å². The van der Waals surface area contributed by atoms with E-state index in [1.54, 1.807) is 18.4 Å². The Morgan fingerprint density at radius 2 is 1.95 bits per heavy atom. The van der Waals surface area contributed by atoms with E-state index >= 15 is 0 Å². The summed E-state index contributed by atoms with van der Waals surface area (Å²) in [5.74, 6) is 0.834. The highest BCUT2D eigenvalue weighted by Crippen LogP contribution is 2.12. The normalized spacial score (nSPS) is 12.5. The van der Waals surface area contributed by atoms with Gasteiger partial charge < -0.3 is 10.6 Å². The number of hydrogen-bond acceptors (Lipinski definition) is 4. The number of aromatic nitrogens is 1. The maximum Gasteiger partial charge on any atom is 0.191 e. The van der Waals surface area contributed by atoms with Gasteiger partial charge in [0.05, 0.1) is 6.54 Å². The van der Waals surface area contributed by atoms with E-state index in [4.69, 9.17) is 0 Å². The molecule has 0 saturated carbocycles. The highest BCUT2D eigenvalue weighted by Gasteiger charge is 2.12. The quantitative estimate of drug-likeness (QED) is 0.569. The third-order valence-electron chi connectivity index (χ3n) is 3.57. The van der Waals surface area contributed by atoms with Gasteiger partial charge in [0.1, 0.15) is 5.01 Å². The number of rotatable bonds is 8. The van der Waals surface area contributed by atoms with Gasteiger partial charge in [0.15, 0.2) is 5.96 Å². The molecule has 6 heteroatoms. The van der Waals surface area contributed by atoms with E-state index in [1.807, 2.05) is 6.20 Å². The molecule has 0 aliphatic heterocycles. The third-order valence-corrected chi connectivity index (χ3v) is 4.71. The van der Waals surface area contributed by atoms with Crippen LogP contribution in [0.15, 0.2) is 11.2 Å². The molecule has 1 rings (SSSR count). The standard InChI is InChI=1S/C16H31N5S/c1-7-14-10-19-15(22-14)11-20-16(17-6)18-8-9-21(12(2)3)13(4)5/h10,12-13H,7-9,11H2,1-6H3,(H2,17,18,20). The van der Waals surface area contributed by atoms with Crippen molar-refractivity contribution in [1.29, 1.82) is 0 Å². The Bertz CT molecular complexity index is 445. The largest absolute Gasteiger partial charge is 0.355 e. The average molecular weight is 326 g/mol. The van der Waals surface area contributed by atoms with Crippen molar-refractivity contribution in [1.82, 2.24) is 20.5 Å². The van der Waals surface area contributed by atoms with Crippen molar-refractivity contribution in [2.24, 2.45) is 4.99 Å². The minimum atomic E-state index is 0.555. The summed E-state index contributed by atoms with van der Waals surface area (Å²) in [6.07, 6.45) is 3.01. The SMILES string of the molecule is CCc1cnc(CNC(=NC)NCCN(C(C)C)C(C)C)s1. The second-order valence-electron chi connectivity index (χ2n) is 5.85. The molecule has 5 nitrogen and oxygen atoms in total. The van der Waals surface area contributed by atoms with Gasteiger partial charge in [-0.1, -0.05) is 6.92 Å². The predicted molar refractivity (Wildman–Crippen MR) is 96.7 cm³/mol. The Hall–Kier alpha value is -1.14. The number of guanidine groups is 1. The van der Waals surface area contributed by atoms with Gasteiger partial charge in [-0.05, 0) is 34.1 Å². The van der Waals surface area contributed by atoms with Crippen molar-refractivity contribution in [3.63, 3.8) is 0 Å². The Morgan fingerprint density at radius 1 is 1.27 bits per heavy atom. The lowest BCUT2D eigenvalue weighted by molar-refractivity contribution is 0.178. The minimum absolute atomic E-state index is 0.555. The number of hydrogen-bond donors (Lipinski definition) is 2. The molecule has 0 amide bonds.